The minimum absolute atomic E-state index is 0.121. The van der Waals surface area contributed by atoms with Gasteiger partial charge in [-0.1, -0.05) is 36.4 Å². The van der Waals surface area contributed by atoms with Crippen LogP contribution in [0.3, 0.4) is 0 Å². The van der Waals surface area contributed by atoms with Crippen LogP contribution in [-0.2, 0) is 13.0 Å². The molecule has 2 aromatic rings. The molecule has 0 saturated carbocycles. The Balaban J connectivity index is 1.79. The Morgan fingerprint density at radius 3 is 2.34 bits per heavy atom. The van der Waals surface area contributed by atoms with Crippen LogP contribution in [0.1, 0.15) is 43.5 Å². The molecule has 5 heteroatoms. The van der Waals surface area contributed by atoms with E-state index in [1.165, 1.54) is 22.4 Å². The topological polar surface area (TPSA) is 47.6 Å². The van der Waals surface area contributed by atoms with Crippen LogP contribution in [0.4, 0.5) is 10.5 Å². The van der Waals surface area contributed by atoms with Gasteiger partial charge in [0.05, 0.1) is 6.04 Å². The van der Waals surface area contributed by atoms with Gasteiger partial charge in [0.1, 0.15) is 0 Å². The summed E-state index contributed by atoms with van der Waals surface area (Å²) in [6, 6.07) is 17.3. The van der Waals surface area contributed by atoms with E-state index in [1.54, 1.807) is 0 Å². The lowest BCUT2D eigenvalue weighted by Crippen LogP contribution is -2.49. The summed E-state index contributed by atoms with van der Waals surface area (Å²) in [7, 11) is 4.10. The third-order valence-electron chi connectivity index (χ3n) is 5.34. The summed E-state index contributed by atoms with van der Waals surface area (Å²) in [5.74, 6) is 0. The fraction of sp³-hybridized carbons (Fsp3) is 0.458. The highest BCUT2D eigenvalue weighted by molar-refractivity contribution is 5.74. The maximum absolute atomic E-state index is 12.4. The molecule has 0 bridgehead atoms. The molecule has 0 radical (unpaired) electrons. The Hall–Kier alpha value is -2.53. The van der Waals surface area contributed by atoms with Crippen molar-refractivity contribution in [3.05, 3.63) is 65.2 Å². The first-order chi connectivity index (χ1) is 13.7. The summed E-state index contributed by atoms with van der Waals surface area (Å²) < 4.78 is 0. The molecule has 0 aliphatic carbocycles. The maximum Gasteiger partial charge on any atom is 0.315 e. The van der Waals surface area contributed by atoms with Crippen molar-refractivity contribution < 1.29 is 4.79 Å². The van der Waals surface area contributed by atoms with E-state index < -0.39 is 0 Å². The molecule has 0 aromatic heterocycles. The van der Waals surface area contributed by atoms with Crippen molar-refractivity contribution in [2.45, 2.75) is 45.3 Å². The average molecular weight is 395 g/mol. The Bertz CT molecular complexity index is 824. The molecule has 156 valence electrons. The first-order valence-corrected chi connectivity index (χ1v) is 10.4. The molecule has 2 aromatic carbocycles. The fourth-order valence-corrected chi connectivity index (χ4v) is 3.81. The number of hydrogen-bond donors (Lipinski definition) is 2. The third-order valence-corrected chi connectivity index (χ3v) is 5.34. The zero-order valence-electron chi connectivity index (χ0n) is 18.3. The van der Waals surface area contributed by atoms with Crippen molar-refractivity contribution in [2.24, 2.45) is 0 Å². The molecule has 2 N–H and O–H groups in total. The Morgan fingerprint density at radius 2 is 1.72 bits per heavy atom. The van der Waals surface area contributed by atoms with Crippen LogP contribution in [0.5, 0.6) is 0 Å². The molecule has 1 unspecified atom stereocenters. The van der Waals surface area contributed by atoms with Crippen LogP contribution in [-0.4, -0.2) is 43.7 Å². The van der Waals surface area contributed by atoms with Crippen molar-refractivity contribution >= 4 is 11.7 Å². The highest BCUT2D eigenvalue weighted by Gasteiger charge is 2.25. The van der Waals surface area contributed by atoms with Gasteiger partial charge in [-0.2, -0.15) is 0 Å². The van der Waals surface area contributed by atoms with Gasteiger partial charge in [-0.25, -0.2) is 4.79 Å². The summed E-state index contributed by atoms with van der Waals surface area (Å²) in [5, 5.41) is 6.09. The van der Waals surface area contributed by atoms with Crippen molar-refractivity contribution in [3.8, 4) is 0 Å². The molecular weight excluding hydrogens is 360 g/mol. The van der Waals surface area contributed by atoms with E-state index in [4.69, 9.17) is 0 Å². The number of amides is 2. The van der Waals surface area contributed by atoms with E-state index in [-0.39, 0.29) is 17.6 Å². The van der Waals surface area contributed by atoms with E-state index in [0.29, 0.717) is 6.54 Å². The van der Waals surface area contributed by atoms with Gasteiger partial charge in [-0.3, -0.25) is 4.90 Å². The van der Waals surface area contributed by atoms with Crippen LogP contribution in [0.25, 0.3) is 0 Å². The molecule has 0 spiro atoms. The molecule has 1 aliphatic rings. The lowest BCUT2D eigenvalue weighted by molar-refractivity contribution is 0.173. The number of nitrogens with zero attached hydrogens (tertiary/aromatic N) is 2. The van der Waals surface area contributed by atoms with Crippen LogP contribution in [0.2, 0.25) is 0 Å². The summed E-state index contributed by atoms with van der Waals surface area (Å²) in [5.41, 5.74) is 4.97. The zero-order chi connectivity index (χ0) is 21.0. The SMILES string of the molecule is CN(C)c1ccc(C(CNC(=O)NC(C)(C)C)N2CCc3ccccc3C2)cc1. The van der Waals surface area contributed by atoms with E-state index in [9.17, 15) is 4.79 Å². The van der Waals surface area contributed by atoms with Gasteiger partial charge in [0.25, 0.3) is 0 Å². The largest absolute Gasteiger partial charge is 0.378 e. The molecule has 29 heavy (non-hydrogen) atoms. The maximum atomic E-state index is 12.4. The van der Waals surface area contributed by atoms with Gasteiger partial charge in [0.15, 0.2) is 0 Å². The third kappa shape index (κ3) is 5.73. The Kier molecular flexibility index (Phi) is 6.48. The highest BCUT2D eigenvalue weighted by atomic mass is 16.2. The van der Waals surface area contributed by atoms with Crippen LogP contribution in [0.15, 0.2) is 48.5 Å². The van der Waals surface area contributed by atoms with Crippen LogP contribution in [0, 0.1) is 0 Å². The minimum Gasteiger partial charge on any atom is -0.378 e. The number of rotatable bonds is 5. The van der Waals surface area contributed by atoms with E-state index in [2.05, 4.69) is 69.0 Å². The van der Waals surface area contributed by atoms with Gasteiger partial charge >= 0.3 is 6.03 Å². The second kappa shape index (κ2) is 8.87. The molecule has 1 heterocycles. The van der Waals surface area contributed by atoms with Crippen LogP contribution >= 0.6 is 0 Å². The van der Waals surface area contributed by atoms with Gasteiger partial charge in [-0.05, 0) is 56.0 Å². The monoisotopic (exact) mass is 394 g/mol. The van der Waals surface area contributed by atoms with Gasteiger partial charge in [0.2, 0.25) is 0 Å². The number of hydrogen-bond acceptors (Lipinski definition) is 3. The minimum atomic E-state index is -0.253. The number of carbonyl (C=O) groups is 1. The second-order valence-corrected chi connectivity index (χ2v) is 9.08. The zero-order valence-corrected chi connectivity index (χ0v) is 18.3. The van der Waals surface area contributed by atoms with Gasteiger partial charge < -0.3 is 15.5 Å². The number of benzene rings is 2. The van der Waals surface area contributed by atoms with Crippen LogP contribution < -0.4 is 15.5 Å². The Labute approximate surface area is 175 Å². The molecule has 1 atom stereocenters. The van der Waals surface area contributed by atoms with E-state index in [1.807, 2.05) is 34.9 Å². The summed E-state index contributed by atoms with van der Waals surface area (Å²) in [4.78, 5) is 17.0. The first kappa shape index (κ1) is 21.2. The van der Waals surface area contributed by atoms with Crippen molar-refractivity contribution in [3.63, 3.8) is 0 Å². The van der Waals surface area contributed by atoms with E-state index in [0.717, 1.165) is 19.5 Å². The summed E-state index contributed by atoms with van der Waals surface area (Å²) >= 11 is 0. The van der Waals surface area contributed by atoms with Gasteiger partial charge in [-0.15, -0.1) is 0 Å². The lowest BCUT2D eigenvalue weighted by atomic mass is 9.96. The van der Waals surface area contributed by atoms with Crippen molar-refractivity contribution in [1.82, 2.24) is 15.5 Å². The van der Waals surface area contributed by atoms with Gasteiger partial charge in [0, 0.05) is 45.0 Å². The normalized spacial score (nSPS) is 15.3. The number of nitrogens with one attached hydrogen (secondary N) is 2. The standard InChI is InChI=1S/C24H34N4O/c1-24(2,3)26-23(29)25-16-22(19-10-12-21(13-11-19)27(4)5)28-15-14-18-8-6-7-9-20(18)17-28/h6-13,22H,14-17H2,1-5H3,(H2,25,26,29). The average Bonchev–Trinajstić information content (AvgIpc) is 2.67. The number of carbonyl (C=O) groups excluding carboxylic acids is 1. The van der Waals surface area contributed by atoms with Crippen molar-refractivity contribution in [2.75, 3.05) is 32.1 Å². The van der Waals surface area contributed by atoms with Crippen molar-refractivity contribution in [1.29, 1.82) is 0 Å². The molecule has 2 amide bonds. The molecular formula is C24H34N4O. The quantitative estimate of drug-likeness (QED) is 0.807. The Morgan fingerprint density at radius 1 is 1.07 bits per heavy atom. The molecule has 5 nitrogen and oxygen atoms in total. The molecule has 0 saturated heterocycles. The van der Waals surface area contributed by atoms with E-state index >= 15 is 0 Å². The number of urea groups is 1. The predicted octanol–water partition coefficient (Wildman–Crippen LogP) is 3.95. The summed E-state index contributed by atoms with van der Waals surface area (Å²) in [6.45, 7) is 8.44. The molecule has 0 fully saturated rings. The molecule has 1 aliphatic heterocycles. The summed E-state index contributed by atoms with van der Waals surface area (Å²) in [6.07, 6.45) is 1.04. The first-order valence-electron chi connectivity index (χ1n) is 10.4. The smallest absolute Gasteiger partial charge is 0.315 e. The fourth-order valence-electron chi connectivity index (χ4n) is 3.81. The predicted molar refractivity (Wildman–Crippen MR) is 120 cm³/mol. The number of fused-ring (bicyclic) bond motifs is 1. The molecule has 3 rings (SSSR count). The number of anilines is 1. The second-order valence-electron chi connectivity index (χ2n) is 9.08. The highest BCUT2D eigenvalue weighted by Crippen LogP contribution is 2.28. The lowest BCUT2D eigenvalue weighted by Gasteiger charge is -2.36.